The van der Waals surface area contributed by atoms with Crippen molar-refractivity contribution in [3.63, 3.8) is 0 Å². The third kappa shape index (κ3) is 5.44. The van der Waals surface area contributed by atoms with Gasteiger partial charge in [0.1, 0.15) is 5.75 Å². The van der Waals surface area contributed by atoms with Crippen molar-refractivity contribution in [3.8, 4) is 5.75 Å². The summed E-state index contributed by atoms with van der Waals surface area (Å²) < 4.78 is 6.19. The van der Waals surface area contributed by atoms with E-state index in [1.807, 2.05) is 73.7 Å². The van der Waals surface area contributed by atoms with E-state index in [0.29, 0.717) is 28.9 Å². The molecular formula is C25H23ClN2O2S2. The first-order valence-corrected chi connectivity index (χ1v) is 12.4. The number of ether oxygens (including phenoxy) is 1. The maximum atomic E-state index is 13.3. The topological polar surface area (TPSA) is 42.4 Å². The zero-order chi connectivity index (χ0) is 22.5. The first-order valence-electron chi connectivity index (χ1n) is 10.2. The molecule has 4 aromatic rings. The Labute approximate surface area is 201 Å². The van der Waals surface area contributed by atoms with Crippen LogP contribution in [0.15, 0.2) is 71.6 Å². The Morgan fingerprint density at radius 1 is 1.12 bits per heavy atom. The molecule has 0 N–H and O–H groups in total. The largest absolute Gasteiger partial charge is 0.497 e. The smallest absolute Gasteiger partial charge is 0.229 e. The summed E-state index contributed by atoms with van der Waals surface area (Å²) in [5.41, 5.74) is 2.97. The van der Waals surface area contributed by atoms with Gasteiger partial charge in [-0.1, -0.05) is 53.3 Å². The first kappa shape index (κ1) is 22.6. The molecule has 4 nitrogen and oxygen atoms in total. The summed E-state index contributed by atoms with van der Waals surface area (Å²) in [5, 5.41) is 1.38. The Morgan fingerprint density at radius 3 is 2.59 bits per heavy atom. The minimum Gasteiger partial charge on any atom is -0.497 e. The number of hydrogen-bond acceptors (Lipinski definition) is 5. The SMILES string of the molecule is COc1ccc(SCCC(=O)N(Cc2ccccc2)c2nc3c(C)cc(Cl)cc3s2)cc1. The summed E-state index contributed by atoms with van der Waals surface area (Å²) in [6, 6.07) is 21.7. The zero-order valence-corrected chi connectivity index (χ0v) is 20.3. The standard InChI is InChI=1S/C25H23ClN2O2S2/c1-17-14-19(26)15-22-24(17)27-25(32-22)28(16-18-6-4-3-5-7-18)23(29)12-13-31-21-10-8-20(30-2)9-11-21/h3-11,14-15H,12-13,16H2,1-2H3. The number of rotatable bonds is 8. The van der Waals surface area contributed by atoms with E-state index in [1.54, 1.807) is 23.8 Å². The minimum atomic E-state index is 0.0534. The molecule has 3 aromatic carbocycles. The average Bonchev–Trinajstić information content (AvgIpc) is 3.22. The number of carbonyl (C=O) groups is 1. The van der Waals surface area contributed by atoms with Crippen LogP contribution in [0.4, 0.5) is 5.13 Å². The van der Waals surface area contributed by atoms with Gasteiger partial charge in [-0.05, 0) is 54.4 Å². The van der Waals surface area contributed by atoms with Crippen LogP contribution in [0.2, 0.25) is 5.02 Å². The maximum Gasteiger partial charge on any atom is 0.229 e. The Hall–Kier alpha value is -2.54. The number of thioether (sulfide) groups is 1. The second kappa shape index (κ2) is 10.4. The van der Waals surface area contributed by atoms with Crippen molar-refractivity contribution in [3.05, 3.63) is 82.9 Å². The summed E-state index contributed by atoms with van der Waals surface area (Å²) in [4.78, 5) is 21.0. The number of aromatic nitrogens is 1. The van der Waals surface area contributed by atoms with Crippen LogP contribution in [0.1, 0.15) is 17.5 Å². The van der Waals surface area contributed by atoms with Crippen molar-refractivity contribution in [2.75, 3.05) is 17.8 Å². The lowest BCUT2D eigenvalue weighted by Crippen LogP contribution is -2.30. The number of anilines is 1. The van der Waals surface area contributed by atoms with Crippen LogP contribution in [-0.2, 0) is 11.3 Å². The Balaban J connectivity index is 1.53. The second-order valence-electron chi connectivity index (χ2n) is 7.31. The Kier molecular flexibility index (Phi) is 7.35. The van der Waals surface area contributed by atoms with Gasteiger partial charge in [0, 0.05) is 22.1 Å². The van der Waals surface area contributed by atoms with Crippen molar-refractivity contribution in [2.24, 2.45) is 0 Å². The van der Waals surface area contributed by atoms with Gasteiger partial charge in [0.15, 0.2) is 5.13 Å². The highest BCUT2D eigenvalue weighted by Gasteiger charge is 2.21. The molecule has 0 aliphatic rings. The van der Waals surface area contributed by atoms with Crippen LogP contribution in [0.25, 0.3) is 10.2 Å². The number of carbonyl (C=O) groups excluding carboxylic acids is 1. The highest BCUT2D eigenvalue weighted by atomic mass is 35.5. The molecule has 7 heteroatoms. The van der Waals surface area contributed by atoms with Gasteiger partial charge in [0.2, 0.25) is 5.91 Å². The van der Waals surface area contributed by atoms with Crippen LogP contribution < -0.4 is 9.64 Å². The predicted octanol–water partition coefficient (Wildman–Crippen LogP) is 6.98. The van der Waals surface area contributed by atoms with Crippen molar-refractivity contribution in [1.29, 1.82) is 0 Å². The highest BCUT2D eigenvalue weighted by molar-refractivity contribution is 7.99. The average molecular weight is 483 g/mol. The molecular weight excluding hydrogens is 460 g/mol. The molecule has 0 aliphatic heterocycles. The fraction of sp³-hybridized carbons (Fsp3) is 0.200. The number of nitrogens with zero attached hydrogens (tertiary/aromatic N) is 2. The van der Waals surface area contributed by atoms with Gasteiger partial charge < -0.3 is 4.74 Å². The Bertz CT molecular complexity index is 1210. The van der Waals surface area contributed by atoms with Gasteiger partial charge in [-0.3, -0.25) is 9.69 Å². The van der Waals surface area contributed by atoms with Crippen molar-refractivity contribution in [1.82, 2.24) is 4.98 Å². The van der Waals surface area contributed by atoms with E-state index < -0.39 is 0 Å². The Morgan fingerprint density at radius 2 is 1.88 bits per heavy atom. The van der Waals surface area contributed by atoms with Crippen LogP contribution in [0, 0.1) is 6.92 Å². The summed E-state index contributed by atoms with van der Waals surface area (Å²) >= 11 is 9.40. The lowest BCUT2D eigenvalue weighted by atomic mass is 10.2. The number of thiazole rings is 1. The summed E-state index contributed by atoms with van der Waals surface area (Å²) in [5.74, 6) is 1.56. The maximum absolute atomic E-state index is 13.3. The lowest BCUT2D eigenvalue weighted by molar-refractivity contribution is -0.118. The molecule has 0 aliphatic carbocycles. The number of amides is 1. The number of hydrogen-bond donors (Lipinski definition) is 0. The molecule has 0 atom stereocenters. The van der Waals surface area contributed by atoms with Gasteiger partial charge in [0.05, 0.1) is 23.9 Å². The third-order valence-electron chi connectivity index (χ3n) is 5.00. The molecule has 164 valence electrons. The summed E-state index contributed by atoms with van der Waals surface area (Å²) in [6.45, 7) is 2.48. The lowest BCUT2D eigenvalue weighted by Gasteiger charge is -2.20. The highest BCUT2D eigenvalue weighted by Crippen LogP contribution is 2.34. The monoisotopic (exact) mass is 482 g/mol. The molecule has 4 rings (SSSR count). The second-order valence-corrected chi connectivity index (χ2v) is 9.92. The van der Waals surface area contributed by atoms with E-state index >= 15 is 0 Å². The van der Waals surface area contributed by atoms with E-state index in [9.17, 15) is 4.79 Å². The van der Waals surface area contributed by atoms with Crippen molar-refractivity contribution < 1.29 is 9.53 Å². The van der Waals surface area contributed by atoms with Crippen LogP contribution in [0.5, 0.6) is 5.75 Å². The molecule has 0 unspecified atom stereocenters. The summed E-state index contributed by atoms with van der Waals surface area (Å²) in [7, 11) is 1.65. The zero-order valence-electron chi connectivity index (χ0n) is 17.9. The third-order valence-corrected chi connectivity index (χ3v) is 7.26. The molecule has 0 radical (unpaired) electrons. The van der Waals surface area contributed by atoms with Gasteiger partial charge in [-0.25, -0.2) is 4.98 Å². The number of benzene rings is 3. The van der Waals surface area contributed by atoms with Crippen molar-refractivity contribution >= 4 is 56.0 Å². The van der Waals surface area contributed by atoms with E-state index in [-0.39, 0.29) is 5.91 Å². The first-order chi connectivity index (χ1) is 15.5. The molecule has 0 saturated heterocycles. The fourth-order valence-corrected chi connectivity index (χ4v) is 5.63. The summed E-state index contributed by atoms with van der Waals surface area (Å²) in [6.07, 6.45) is 0.416. The molecule has 1 amide bonds. The molecule has 0 saturated carbocycles. The number of methoxy groups -OCH3 is 1. The van der Waals surface area contributed by atoms with Gasteiger partial charge >= 0.3 is 0 Å². The van der Waals surface area contributed by atoms with E-state index in [2.05, 4.69) is 0 Å². The molecule has 0 spiro atoms. The van der Waals surface area contributed by atoms with Crippen LogP contribution in [-0.4, -0.2) is 23.8 Å². The molecule has 1 aromatic heterocycles. The van der Waals surface area contributed by atoms with Gasteiger partial charge in [-0.15, -0.1) is 11.8 Å². The number of halogens is 1. The van der Waals surface area contributed by atoms with Crippen LogP contribution >= 0.6 is 34.7 Å². The minimum absolute atomic E-state index is 0.0534. The van der Waals surface area contributed by atoms with Gasteiger partial charge in [0.25, 0.3) is 0 Å². The molecule has 32 heavy (non-hydrogen) atoms. The van der Waals surface area contributed by atoms with E-state index in [1.165, 1.54) is 11.3 Å². The van der Waals surface area contributed by atoms with Crippen LogP contribution in [0.3, 0.4) is 0 Å². The van der Waals surface area contributed by atoms with E-state index in [0.717, 1.165) is 32.0 Å². The molecule has 0 bridgehead atoms. The molecule has 1 heterocycles. The fourth-order valence-electron chi connectivity index (χ4n) is 3.35. The normalized spacial score (nSPS) is 11.0. The number of fused-ring (bicyclic) bond motifs is 1. The van der Waals surface area contributed by atoms with E-state index in [4.69, 9.17) is 21.3 Å². The predicted molar refractivity (Wildman–Crippen MR) is 135 cm³/mol. The molecule has 0 fully saturated rings. The van der Waals surface area contributed by atoms with Gasteiger partial charge in [-0.2, -0.15) is 0 Å². The van der Waals surface area contributed by atoms with Crippen molar-refractivity contribution in [2.45, 2.75) is 24.8 Å². The number of aryl methyl sites for hydroxylation is 1. The quantitative estimate of drug-likeness (QED) is 0.254.